The minimum Gasteiger partial charge on any atom is -0.192 e. The summed E-state index contributed by atoms with van der Waals surface area (Å²) in [6, 6.07) is 8.29. The highest BCUT2D eigenvalue weighted by atomic mass is 19.4. The van der Waals surface area contributed by atoms with Gasteiger partial charge in [0.2, 0.25) is 0 Å². The van der Waals surface area contributed by atoms with Crippen molar-refractivity contribution in [3.63, 3.8) is 0 Å². The average molecular weight is 315 g/mol. The molecule has 0 saturated heterocycles. The molecule has 0 fully saturated rings. The molecule has 0 aromatic heterocycles. The Hall–Kier alpha value is -2.49. The van der Waals surface area contributed by atoms with Crippen LogP contribution in [0.5, 0.6) is 0 Å². The van der Waals surface area contributed by atoms with E-state index >= 15 is 0 Å². The molecule has 2 aromatic rings. The highest BCUT2D eigenvalue weighted by Crippen LogP contribution is 2.43. The van der Waals surface area contributed by atoms with Gasteiger partial charge in [-0.1, -0.05) is 30.3 Å². The molecule has 2 rings (SSSR count). The Labute approximate surface area is 121 Å². The molecule has 2 aromatic carbocycles. The molecule has 0 amide bonds. The zero-order valence-corrected chi connectivity index (χ0v) is 10.8. The quantitative estimate of drug-likeness (QED) is 0.658. The standard InChI is InChI=1S/C15H7F6N/c16-14(17,18)12-7-2-1-5-10(12)11-6-3-4-9(8-22)13(11)15(19,20)21/h1-7H. The second-order valence-corrected chi connectivity index (χ2v) is 4.38. The number of nitriles is 1. The fraction of sp³-hybridized carbons (Fsp3) is 0.133. The van der Waals surface area contributed by atoms with Gasteiger partial charge in [0.25, 0.3) is 0 Å². The Kier molecular flexibility index (Phi) is 3.88. The van der Waals surface area contributed by atoms with Crippen LogP contribution in [-0.4, -0.2) is 0 Å². The maximum absolute atomic E-state index is 13.2. The third-order valence-electron chi connectivity index (χ3n) is 2.99. The maximum Gasteiger partial charge on any atom is 0.418 e. The molecule has 0 aliphatic heterocycles. The number of halogens is 6. The third-order valence-corrected chi connectivity index (χ3v) is 2.99. The van der Waals surface area contributed by atoms with E-state index < -0.39 is 40.2 Å². The van der Waals surface area contributed by atoms with Crippen LogP contribution >= 0.6 is 0 Å². The van der Waals surface area contributed by atoms with E-state index in [1.54, 1.807) is 0 Å². The fourth-order valence-corrected chi connectivity index (χ4v) is 2.14. The third kappa shape index (κ3) is 2.91. The van der Waals surface area contributed by atoms with Crippen molar-refractivity contribution in [3.05, 3.63) is 59.2 Å². The second kappa shape index (κ2) is 5.37. The van der Waals surface area contributed by atoms with Crippen molar-refractivity contribution in [3.8, 4) is 17.2 Å². The molecule has 0 radical (unpaired) electrons. The normalized spacial score (nSPS) is 12.0. The van der Waals surface area contributed by atoms with Crippen LogP contribution in [0, 0.1) is 11.3 Å². The Bertz CT molecular complexity index is 737. The van der Waals surface area contributed by atoms with E-state index in [4.69, 9.17) is 5.26 Å². The van der Waals surface area contributed by atoms with Crippen LogP contribution < -0.4 is 0 Å². The summed E-state index contributed by atoms with van der Waals surface area (Å²) in [5, 5.41) is 8.81. The second-order valence-electron chi connectivity index (χ2n) is 4.38. The molecule has 0 aliphatic rings. The van der Waals surface area contributed by atoms with Crippen molar-refractivity contribution >= 4 is 0 Å². The minimum absolute atomic E-state index is 0.612. The summed E-state index contributed by atoms with van der Waals surface area (Å²) in [5.41, 5.74) is -4.55. The highest BCUT2D eigenvalue weighted by molar-refractivity contribution is 5.74. The Morgan fingerprint density at radius 2 is 1.32 bits per heavy atom. The highest BCUT2D eigenvalue weighted by Gasteiger charge is 2.39. The first-order valence-corrected chi connectivity index (χ1v) is 5.93. The molecule has 0 heterocycles. The number of hydrogen-bond donors (Lipinski definition) is 0. The summed E-state index contributed by atoms with van der Waals surface area (Å²) in [6.45, 7) is 0. The lowest BCUT2D eigenvalue weighted by Crippen LogP contribution is -2.13. The zero-order chi connectivity index (χ0) is 16.5. The van der Waals surface area contributed by atoms with Gasteiger partial charge in [0.15, 0.2) is 0 Å². The zero-order valence-electron chi connectivity index (χ0n) is 10.8. The van der Waals surface area contributed by atoms with Crippen LogP contribution in [0.2, 0.25) is 0 Å². The van der Waals surface area contributed by atoms with Crippen LogP contribution in [-0.2, 0) is 12.4 Å². The van der Waals surface area contributed by atoms with Crippen LogP contribution in [0.25, 0.3) is 11.1 Å². The maximum atomic E-state index is 13.2. The topological polar surface area (TPSA) is 23.8 Å². The number of benzene rings is 2. The van der Waals surface area contributed by atoms with E-state index in [2.05, 4.69) is 0 Å². The Balaban J connectivity index is 2.84. The van der Waals surface area contributed by atoms with Gasteiger partial charge in [-0.3, -0.25) is 0 Å². The first-order chi connectivity index (χ1) is 10.2. The largest absolute Gasteiger partial charge is 0.418 e. The van der Waals surface area contributed by atoms with Gasteiger partial charge in [-0.15, -0.1) is 0 Å². The molecule has 0 saturated carbocycles. The average Bonchev–Trinajstić information content (AvgIpc) is 2.44. The Morgan fingerprint density at radius 1 is 0.727 bits per heavy atom. The van der Waals surface area contributed by atoms with E-state index in [1.807, 2.05) is 0 Å². The summed E-state index contributed by atoms with van der Waals surface area (Å²) < 4.78 is 78.5. The van der Waals surface area contributed by atoms with Crippen molar-refractivity contribution in [2.75, 3.05) is 0 Å². The molecule has 0 aliphatic carbocycles. The molecular weight excluding hydrogens is 308 g/mol. The van der Waals surface area contributed by atoms with Crippen molar-refractivity contribution in [2.24, 2.45) is 0 Å². The molecule has 1 nitrogen and oxygen atoms in total. The molecular formula is C15H7F6N. The number of alkyl halides is 6. The number of rotatable bonds is 1. The fourth-order valence-electron chi connectivity index (χ4n) is 2.14. The van der Waals surface area contributed by atoms with E-state index in [9.17, 15) is 26.3 Å². The molecule has 0 atom stereocenters. The summed E-state index contributed by atoms with van der Waals surface area (Å²) in [4.78, 5) is 0. The van der Waals surface area contributed by atoms with Crippen molar-refractivity contribution in [1.82, 2.24) is 0 Å². The number of nitrogens with zero attached hydrogens (tertiary/aromatic N) is 1. The van der Waals surface area contributed by atoms with Gasteiger partial charge in [-0.2, -0.15) is 31.6 Å². The summed E-state index contributed by atoms with van der Waals surface area (Å²) in [6.07, 6.45) is -9.75. The summed E-state index contributed by atoms with van der Waals surface area (Å²) >= 11 is 0. The van der Waals surface area contributed by atoms with Gasteiger partial charge < -0.3 is 0 Å². The molecule has 0 N–H and O–H groups in total. The van der Waals surface area contributed by atoms with E-state index in [-0.39, 0.29) is 0 Å². The smallest absolute Gasteiger partial charge is 0.192 e. The first-order valence-electron chi connectivity index (χ1n) is 5.93. The molecule has 0 spiro atoms. The SMILES string of the molecule is N#Cc1cccc(-c2ccccc2C(F)(F)F)c1C(F)(F)F. The molecule has 0 bridgehead atoms. The van der Waals surface area contributed by atoms with E-state index in [0.29, 0.717) is 6.07 Å². The van der Waals surface area contributed by atoms with Crippen LogP contribution in [0.4, 0.5) is 26.3 Å². The summed E-state index contributed by atoms with van der Waals surface area (Å²) in [7, 11) is 0. The first kappa shape index (κ1) is 15.9. The van der Waals surface area contributed by atoms with Crippen LogP contribution in [0.3, 0.4) is 0 Å². The lowest BCUT2D eigenvalue weighted by atomic mass is 9.92. The monoisotopic (exact) mass is 315 g/mol. The summed E-state index contributed by atoms with van der Waals surface area (Å²) in [5.74, 6) is 0. The molecule has 22 heavy (non-hydrogen) atoms. The van der Waals surface area contributed by atoms with Crippen LogP contribution in [0.15, 0.2) is 42.5 Å². The van der Waals surface area contributed by atoms with Crippen molar-refractivity contribution in [1.29, 1.82) is 5.26 Å². The molecule has 114 valence electrons. The van der Waals surface area contributed by atoms with Gasteiger partial charge in [0.05, 0.1) is 22.8 Å². The Morgan fingerprint density at radius 3 is 1.86 bits per heavy atom. The van der Waals surface area contributed by atoms with E-state index in [0.717, 1.165) is 30.3 Å². The molecule has 0 unspecified atom stereocenters. The number of hydrogen-bond acceptors (Lipinski definition) is 1. The predicted octanol–water partition coefficient (Wildman–Crippen LogP) is 5.26. The minimum atomic E-state index is -4.94. The van der Waals surface area contributed by atoms with E-state index in [1.165, 1.54) is 12.1 Å². The van der Waals surface area contributed by atoms with Gasteiger partial charge in [0.1, 0.15) is 0 Å². The molecule has 7 heteroatoms. The van der Waals surface area contributed by atoms with Gasteiger partial charge >= 0.3 is 12.4 Å². The lowest BCUT2D eigenvalue weighted by Gasteiger charge is -2.18. The predicted molar refractivity (Wildman–Crippen MR) is 66.6 cm³/mol. The van der Waals surface area contributed by atoms with Crippen LogP contribution in [0.1, 0.15) is 16.7 Å². The van der Waals surface area contributed by atoms with Gasteiger partial charge in [0, 0.05) is 0 Å². The van der Waals surface area contributed by atoms with Crippen molar-refractivity contribution in [2.45, 2.75) is 12.4 Å². The lowest BCUT2D eigenvalue weighted by molar-refractivity contribution is -0.139. The van der Waals surface area contributed by atoms with Gasteiger partial charge in [-0.05, 0) is 23.3 Å². The van der Waals surface area contributed by atoms with Crippen molar-refractivity contribution < 1.29 is 26.3 Å². The van der Waals surface area contributed by atoms with Gasteiger partial charge in [-0.25, -0.2) is 0 Å².